The fourth-order valence-corrected chi connectivity index (χ4v) is 1.36. The van der Waals surface area contributed by atoms with Crippen LogP contribution in [0, 0.1) is 5.41 Å². The number of piperidine rings is 1. The molecule has 1 saturated heterocycles. The van der Waals surface area contributed by atoms with Crippen LogP contribution in [0.5, 0.6) is 0 Å². The summed E-state index contributed by atoms with van der Waals surface area (Å²) in [7, 11) is 5.65. The number of hydrogen-bond acceptors (Lipinski definition) is 3. The molecule has 1 aliphatic heterocycles. The normalized spacial score (nSPS) is 18.3. The quantitative estimate of drug-likeness (QED) is 0.716. The monoisotopic (exact) mass is 317 g/mol. The first kappa shape index (κ1) is 24.1. The van der Waals surface area contributed by atoms with E-state index in [1.807, 2.05) is 13.8 Å². The van der Waals surface area contributed by atoms with Gasteiger partial charge >= 0.3 is 0 Å². The molecule has 3 nitrogen and oxygen atoms in total. The van der Waals surface area contributed by atoms with Crippen molar-refractivity contribution in [2.45, 2.75) is 85.9 Å². The SMILES string of the molecule is CC(C)(C)C.CN1CCCCC1.COC(C)C.COC1CC1. The van der Waals surface area contributed by atoms with Crippen molar-refractivity contribution in [2.24, 2.45) is 5.41 Å². The van der Waals surface area contributed by atoms with Gasteiger partial charge in [0.25, 0.3) is 0 Å². The van der Waals surface area contributed by atoms with Crippen LogP contribution in [0.4, 0.5) is 0 Å². The average molecular weight is 318 g/mol. The van der Waals surface area contributed by atoms with Gasteiger partial charge in [-0.15, -0.1) is 0 Å². The molecule has 3 heteroatoms. The molecule has 0 bridgehead atoms. The molecule has 0 radical (unpaired) electrons. The van der Waals surface area contributed by atoms with Crippen molar-refractivity contribution in [3.05, 3.63) is 0 Å². The third-order valence-electron chi connectivity index (χ3n) is 2.91. The Balaban J connectivity index is 0. The van der Waals surface area contributed by atoms with Crippen molar-refractivity contribution in [1.29, 1.82) is 0 Å². The first-order valence-electron chi connectivity index (χ1n) is 8.84. The summed E-state index contributed by atoms with van der Waals surface area (Å²) in [5.41, 5.74) is 0.500. The van der Waals surface area contributed by atoms with E-state index in [0.29, 0.717) is 17.6 Å². The van der Waals surface area contributed by atoms with E-state index in [1.165, 1.54) is 45.2 Å². The highest BCUT2D eigenvalue weighted by atomic mass is 16.5. The lowest BCUT2D eigenvalue weighted by molar-refractivity contribution is 0.134. The molecule has 0 N–H and O–H groups in total. The van der Waals surface area contributed by atoms with Gasteiger partial charge in [0.15, 0.2) is 0 Å². The zero-order chi connectivity index (χ0) is 17.6. The van der Waals surface area contributed by atoms with Crippen molar-refractivity contribution in [3.63, 3.8) is 0 Å². The molecule has 0 aromatic heterocycles. The molecule has 0 spiro atoms. The maximum absolute atomic E-state index is 4.86. The Morgan fingerprint density at radius 3 is 1.36 bits per heavy atom. The zero-order valence-electron chi connectivity index (χ0n) is 16.9. The Morgan fingerprint density at radius 1 is 0.909 bits per heavy atom. The van der Waals surface area contributed by atoms with Crippen LogP contribution in [0.3, 0.4) is 0 Å². The molecule has 0 aromatic carbocycles. The number of rotatable bonds is 2. The van der Waals surface area contributed by atoms with E-state index in [1.54, 1.807) is 14.2 Å². The second-order valence-corrected chi connectivity index (χ2v) is 8.08. The third kappa shape index (κ3) is 32.0. The predicted molar refractivity (Wildman–Crippen MR) is 98.7 cm³/mol. The second-order valence-electron chi connectivity index (χ2n) is 8.08. The maximum atomic E-state index is 4.86. The van der Waals surface area contributed by atoms with Crippen LogP contribution < -0.4 is 0 Å². The Morgan fingerprint density at radius 2 is 1.27 bits per heavy atom. The molecule has 2 fully saturated rings. The zero-order valence-corrected chi connectivity index (χ0v) is 16.9. The molecule has 0 aromatic rings. The van der Waals surface area contributed by atoms with Crippen LogP contribution in [0.15, 0.2) is 0 Å². The van der Waals surface area contributed by atoms with Gasteiger partial charge in [0.1, 0.15) is 0 Å². The van der Waals surface area contributed by atoms with E-state index in [4.69, 9.17) is 9.47 Å². The summed E-state index contributed by atoms with van der Waals surface area (Å²) < 4.78 is 9.61. The standard InChI is InChI=1S/C6H13N.C5H12.C4H8O.C4H10O/c1-7-5-3-2-4-6-7;1-5(2,3)4;1-5-4-2-3-4;1-4(2)5-3/h2-6H2,1H3;1-4H3;4H,2-3H2,1H3;4H,1-3H3. The Labute approximate surface area is 140 Å². The highest BCUT2D eigenvalue weighted by Gasteiger charge is 2.19. The highest BCUT2D eigenvalue weighted by molar-refractivity contribution is 4.71. The summed E-state index contributed by atoms with van der Waals surface area (Å²) in [6, 6.07) is 0. The Kier molecular flexibility index (Phi) is 15.9. The van der Waals surface area contributed by atoms with Gasteiger partial charge in [-0.1, -0.05) is 34.1 Å². The van der Waals surface area contributed by atoms with E-state index in [9.17, 15) is 0 Å². The maximum Gasteiger partial charge on any atom is 0.0573 e. The van der Waals surface area contributed by atoms with Gasteiger partial charge in [-0.05, 0) is 65.1 Å². The molecule has 1 aliphatic carbocycles. The molecule has 0 atom stereocenters. The number of likely N-dealkylation sites (tertiary alicyclic amines) is 1. The lowest BCUT2D eigenvalue weighted by Gasteiger charge is -2.20. The second kappa shape index (κ2) is 14.5. The van der Waals surface area contributed by atoms with Crippen molar-refractivity contribution in [1.82, 2.24) is 4.90 Å². The lowest BCUT2D eigenvalue weighted by atomic mass is 10.0. The van der Waals surface area contributed by atoms with Gasteiger partial charge in [0.05, 0.1) is 12.2 Å². The highest BCUT2D eigenvalue weighted by Crippen LogP contribution is 2.21. The van der Waals surface area contributed by atoms with Crippen LogP contribution in [0.2, 0.25) is 0 Å². The van der Waals surface area contributed by atoms with Crippen LogP contribution in [0.1, 0.15) is 73.6 Å². The number of ether oxygens (including phenoxy) is 2. The molecule has 1 heterocycles. The topological polar surface area (TPSA) is 21.7 Å². The van der Waals surface area contributed by atoms with Crippen LogP contribution in [0.25, 0.3) is 0 Å². The van der Waals surface area contributed by atoms with Crippen molar-refractivity contribution in [3.8, 4) is 0 Å². The first-order valence-corrected chi connectivity index (χ1v) is 8.84. The third-order valence-corrected chi connectivity index (χ3v) is 2.91. The van der Waals surface area contributed by atoms with Gasteiger partial charge in [-0.3, -0.25) is 0 Å². The average Bonchev–Trinajstić information content (AvgIpc) is 3.23. The number of nitrogens with zero attached hydrogens (tertiary/aromatic N) is 1. The molecule has 2 aliphatic rings. The van der Waals surface area contributed by atoms with Crippen molar-refractivity contribution in [2.75, 3.05) is 34.4 Å². The number of hydrogen-bond donors (Lipinski definition) is 0. The largest absolute Gasteiger partial charge is 0.382 e. The fourth-order valence-electron chi connectivity index (χ4n) is 1.36. The van der Waals surface area contributed by atoms with Gasteiger partial charge in [0.2, 0.25) is 0 Å². The minimum atomic E-state index is 0.384. The Bertz CT molecular complexity index is 206. The summed E-state index contributed by atoms with van der Waals surface area (Å²) in [6.07, 6.45) is 7.87. The first-order chi connectivity index (χ1) is 10.1. The van der Waals surface area contributed by atoms with Crippen LogP contribution in [-0.4, -0.2) is 51.5 Å². The van der Waals surface area contributed by atoms with Gasteiger partial charge in [-0.2, -0.15) is 0 Å². The summed E-state index contributed by atoms with van der Waals surface area (Å²) >= 11 is 0. The van der Waals surface area contributed by atoms with Gasteiger partial charge < -0.3 is 14.4 Å². The molecule has 136 valence electrons. The summed E-state index contributed by atoms with van der Waals surface area (Å²) in [6.45, 7) is 15.4. The predicted octanol–water partition coefficient (Wildman–Crippen LogP) is 4.99. The van der Waals surface area contributed by atoms with Crippen molar-refractivity contribution >= 4 is 0 Å². The Hall–Kier alpha value is -0.120. The molecule has 0 unspecified atom stereocenters. The smallest absolute Gasteiger partial charge is 0.0573 e. The summed E-state index contributed by atoms with van der Waals surface area (Å²) in [4.78, 5) is 2.39. The van der Waals surface area contributed by atoms with E-state index in [0.717, 1.165) is 0 Å². The summed E-state index contributed by atoms with van der Waals surface area (Å²) in [5.74, 6) is 0. The number of methoxy groups -OCH3 is 2. The molecule has 2 rings (SSSR count). The molecule has 0 amide bonds. The van der Waals surface area contributed by atoms with E-state index in [2.05, 4.69) is 39.6 Å². The van der Waals surface area contributed by atoms with Crippen LogP contribution >= 0.6 is 0 Å². The lowest BCUT2D eigenvalue weighted by Crippen LogP contribution is -2.24. The minimum absolute atomic E-state index is 0.384. The van der Waals surface area contributed by atoms with Crippen LogP contribution in [-0.2, 0) is 9.47 Å². The molecular weight excluding hydrogens is 274 g/mol. The van der Waals surface area contributed by atoms with Crippen molar-refractivity contribution < 1.29 is 9.47 Å². The summed E-state index contributed by atoms with van der Waals surface area (Å²) in [5, 5.41) is 0. The molecule has 1 saturated carbocycles. The van der Waals surface area contributed by atoms with Gasteiger partial charge in [-0.25, -0.2) is 0 Å². The van der Waals surface area contributed by atoms with Gasteiger partial charge in [0, 0.05) is 14.2 Å². The van der Waals surface area contributed by atoms with E-state index >= 15 is 0 Å². The molecule has 22 heavy (non-hydrogen) atoms. The molecular formula is C19H43NO2. The van der Waals surface area contributed by atoms with E-state index < -0.39 is 0 Å². The van der Waals surface area contributed by atoms with E-state index in [-0.39, 0.29) is 0 Å². The fraction of sp³-hybridized carbons (Fsp3) is 1.00. The minimum Gasteiger partial charge on any atom is -0.382 e.